The highest BCUT2D eigenvalue weighted by atomic mass is 28.4. The number of aromatic nitrogens is 4. The molecule has 2 heterocycles. The maximum absolute atomic E-state index is 13.1. The molecule has 6 aromatic carbocycles. The number of fused-ring (bicyclic) bond motifs is 1. The van der Waals surface area contributed by atoms with Crippen LogP contribution < -0.4 is 25.2 Å². The normalized spacial score (nSPS) is 12.4. The third-order valence-corrected chi connectivity index (χ3v) is 16.9. The molecule has 0 saturated heterocycles. The van der Waals surface area contributed by atoms with Crippen LogP contribution in [-0.2, 0) is 26.0 Å². The Labute approximate surface area is 387 Å². The Morgan fingerprint density at radius 3 is 1.68 bits per heavy atom. The minimum atomic E-state index is -3.00. The molecule has 11 nitrogen and oxygen atoms in total. The van der Waals surface area contributed by atoms with Crippen LogP contribution in [-0.4, -0.2) is 73.9 Å². The Hall–Kier alpha value is -6.96. The van der Waals surface area contributed by atoms with Crippen LogP contribution in [0.15, 0.2) is 183 Å². The molecule has 1 unspecified atom stereocenters. The van der Waals surface area contributed by atoms with E-state index in [1.54, 1.807) is 32.7 Å². The van der Waals surface area contributed by atoms with Crippen LogP contribution in [0, 0.1) is 0 Å². The van der Waals surface area contributed by atoms with Gasteiger partial charge in [-0.15, -0.1) is 0 Å². The third-order valence-electron chi connectivity index (χ3n) is 11.9. The molecule has 0 bridgehead atoms. The number of rotatable bonds is 19. The van der Waals surface area contributed by atoms with E-state index in [0.29, 0.717) is 29.1 Å². The molecule has 0 spiro atoms. The predicted octanol–water partition coefficient (Wildman–Crippen LogP) is 9.07. The van der Waals surface area contributed by atoms with Crippen LogP contribution in [0.1, 0.15) is 47.8 Å². The molecule has 0 radical (unpaired) electrons. The number of benzene rings is 6. The zero-order valence-corrected chi connectivity index (χ0v) is 39.0. The molecule has 12 heteroatoms. The van der Waals surface area contributed by atoms with Crippen molar-refractivity contribution in [3.8, 4) is 11.5 Å². The first-order chi connectivity index (χ1) is 32.2. The van der Waals surface area contributed by atoms with E-state index < -0.39 is 20.0 Å². The summed E-state index contributed by atoms with van der Waals surface area (Å²) in [6.07, 6.45) is 2.56. The molecule has 8 aromatic rings. The van der Waals surface area contributed by atoms with Crippen molar-refractivity contribution in [2.24, 2.45) is 0 Å². The third kappa shape index (κ3) is 9.54. The second-order valence-corrected chi connectivity index (χ2v) is 21.2. The molecule has 8 rings (SSSR count). The highest BCUT2D eigenvalue weighted by Crippen LogP contribution is 2.42. The van der Waals surface area contributed by atoms with Gasteiger partial charge in [-0.3, -0.25) is 4.79 Å². The zero-order valence-electron chi connectivity index (χ0n) is 38.0. The van der Waals surface area contributed by atoms with E-state index in [2.05, 4.69) is 102 Å². The number of carbonyl (C=O) groups is 1. The molecule has 0 aliphatic carbocycles. The molecule has 1 amide bonds. The highest BCUT2D eigenvalue weighted by molar-refractivity contribution is 6.99. The lowest BCUT2D eigenvalue weighted by atomic mass is 9.80. The molecule has 0 saturated carbocycles. The smallest absolute Gasteiger partial charge is 0.261 e. The molecule has 1 N–H and O–H groups in total. The van der Waals surface area contributed by atoms with E-state index in [0.717, 1.165) is 38.6 Å². The quantitative estimate of drug-likeness (QED) is 0.0627. The minimum Gasteiger partial charge on any atom is -0.497 e. The fraction of sp³-hybridized carbons (Fsp3) is 0.222. The first kappa shape index (κ1) is 45.6. The van der Waals surface area contributed by atoms with Crippen molar-refractivity contribution in [2.45, 2.75) is 44.1 Å². The number of nitrogens with zero attached hydrogens (tertiary/aromatic N) is 4. The second-order valence-electron chi connectivity index (χ2n) is 16.9. The lowest BCUT2D eigenvalue weighted by molar-refractivity contribution is -0.0798. The number of imidazole rings is 1. The number of carbonyl (C=O) groups excluding carboxylic acids is 1. The predicted molar refractivity (Wildman–Crippen MR) is 261 cm³/mol. The van der Waals surface area contributed by atoms with E-state index in [1.807, 2.05) is 102 Å². The van der Waals surface area contributed by atoms with E-state index in [9.17, 15) is 4.79 Å². The topological polar surface area (TPSA) is 119 Å². The molecule has 336 valence electrons. The Bertz CT molecular complexity index is 2700. The van der Waals surface area contributed by atoms with E-state index in [1.165, 1.54) is 6.33 Å². The second kappa shape index (κ2) is 20.5. The van der Waals surface area contributed by atoms with Crippen molar-refractivity contribution in [2.75, 3.05) is 39.4 Å². The Kier molecular flexibility index (Phi) is 14.1. The average Bonchev–Trinajstić information content (AvgIpc) is 3.79. The van der Waals surface area contributed by atoms with Gasteiger partial charge in [-0.2, -0.15) is 0 Å². The van der Waals surface area contributed by atoms with Crippen LogP contribution in [0.25, 0.3) is 11.2 Å². The molecule has 0 aliphatic heterocycles. The van der Waals surface area contributed by atoms with Crippen molar-refractivity contribution in [3.05, 3.63) is 205 Å². The van der Waals surface area contributed by atoms with Gasteiger partial charge in [0.1, 0.15) is 29.5 Å². The summed E-state index contributed by atoms with van der Waals surface area (Å²) in [5, 5.41) is 4.96. The standard InChI is InChI=1S/C54H55N5O6Si/c1-53(2,3)66(47-22-14-8-15-23-47,48-24-16-9-17-25-48)65-37-46(63-35-34-59-39-57-49-50(55-38-56-51(49)59)58-52(60)40-18-10-6-11-19-40)36-64-54(41-20-12-7-13-21-41,42-26-30-44(61-4)31-27-42)43-28-32-45(62-5)33-29-43/h6-33,38-39,46H,34-37H2,1-5H3,(H,55,56,58,60). The summed E-state index contributed by atoms with van der Waals surface area (Å²) in [5.41, 5.74) is 3.22. The molecule has 0 fully saturated rings. The lowest BCUT2D eigenvalue weighted by Crippen LogP contribution is -2.67. The van der Waals surface area contributed by atoms with Gasteiger partial charge in [-0.05, 0) is 68.5 Å². The van der Waals surface area contributed by atoms with Crippen LogP contribution in [0.4, 0.5) is 5.82 Å². The van der Waals surface area contributed by atoms with Crippen LogP contribution in [0.5, 0.6) is 11.5 Å². The number of hydrogen-bond acceptors (Lipinski definition) is 9. The molecule has 2 aromatic heterocycles. The Balaban J connectivity index is 1.16. The van der Waals surface area contributed by atoms with Gasteiger partial charge in [0.05, 0.1) is 40.4 Å². The van der Waals surface area contributed by atoms with E-state index in [-0.39, 0.29) is 30.8 Å². The first-order valence-corrected chi connectivity index (χ1v) is 23.9. The molecular formula is C54H55N5O6Si. The molecule has 0 aliphatic rings. The van der Waals surface area contributed by atoms with Crippen LogP contribution in [0.2, 0.25) is 5.04 Å². The summed E-state index contributed by atoms with van der Waals surface area (Å²) in [6, 6.07) is 56.4. The van der Waals surface area contributed by atoms with Crippen LogP contribution >= 0.6 is 0 Å². The summed E-state index contributed by atoms with van der Waals surface area (Å²) in [5.74, 6) is 1.51. The number of anilines is 1. The minimum absolute atomic E-state index is 0.146. The summed E-state index contributed by atoms with van der Waals surface area (Å²) < 4.78 is 35.1. The SMILES string of the molecule is COc1ccc(C(OCC(CO[Si](c2ccccc2)(c2ccccc2)C(C)(C)C)OCCn2cnc3c(NC(=O)c4ccccc4)ncnc32)(c2ccccc2)c2ccc(OC)cc2)cc1. The summed E-state index contributed by atoms with van der Waals surface area (Å²) >= 11 is 0. The van der Waals surface area contributed by atoms with Gasteiger partial charge in [0.2, 0.25) is 0 Å². The van der Waals surface area contributed by atoms with Gasteiger partial charge >= 0.3 is 0 Å². The van der Waals surface area contributed by atoms with Crippen molar-refractivity contribution >= 4 is 41.6 Å². The summed E-state index contributed by atoms with van der Waals surface area (Å²) in [4.78, 5) is 26.6. The van der Waals surface area contributed by atoms with Crippen molar-refractivity contribution in [3.63, 3.8) is 0 Å². The van der Waals surface area contributed by atoms with Gasteiger partial charge in [0.15, 0.2) is 17.0 Å². The lowest BCUT2D eigenvalue weighted by Gasteiger charge is -2.44. The fourth-order valence-corrected chi connectivity index (χ4v) is 13.2. The van der Waals surface area contributed by atoms with E-state index >= 15 is 0 Å². The van der Waals surface area contributed by atoms with E-state index in [4.69, 9.17) is 23.4 Å². The van der Waals surface area contributed by atoms with Crippen molar-refractivity contribution in [1.29, 1.82) is 0 Å². The molecule has 1 atom stereocenters. The fourth-order valence-electron chi connectivity index (χ4n) is 8.64. The number of hydrogen-bond donors (Lipinski definition) is 1. The number of methoxy groups -OCH3 is 2. The van der Waals surface area contributed by atoms with Crippen LogP contribution in [0.3, 0.4) is 0 Å². The average molecular weight is 898 g/mol. The van der Waals surface area contributed by atoms with Gasteiger partial charge < -0.3 is 33.3 Å². The number of ether oxygens (including phenoxy) is 4. The largest absolute Gasteiger partial charge is 0.497 e. The Morgan fingerprint density at radius 2 is 1.15 bits per heavy atom. The van der Waals surface area contributed by atoms with Gasteiger partial charge in [0, 0.05) is 12.1 Å². The summed E-state index contributed by atoms with van der Waals surface area (Å²) in [7, 11) is 0.321. The number of nitrogens with one attached hydrogen (secondary N) is 1. The first-order valence-electron chi connectivity index (χ1n) is 22.0. The maximum Gasteiger partial charge on any atom is 0.261 e. The Morgan fingerprint density at radius 1 is 0.636 bits per heavy atom. The molecule has 66 heavy (non-hydrogen) atoms. The van der Waals surface area contributed by atoms with Crippen molar-refractivity contribution in [1.82, 2.24) is 19.5 Å². The maximum atomic E-state index is 13.1. The highest BCUT2D eigenvalue weighted by Gasteiger charge is 2.50. The monoisotopic (exact) mass is 897 g/mol. The van der Waals surface area contributed by atoms with Gasteiger partial charge in [0.25, 0.3) is 14.2 Å². The number of amides is 1. The summed E-state index contributed by atoms with van der Waals surface area (Å²) in [6.45, 7) is 7.84. The van der Waals surface area contributed by atoms with Gasteiger partial charge in [-0.1, -0.05) is 154 Å². The zero-order chi connectivity index (χ0) is 46.0. The molecular weight excluding hydrogens is 843 g/mol. The van der Waals surface area contributed by atoms with Crippen molar-refractivity contribution < 1.29 is 28.2 Å². The van der Waals surface area contributed by atoms with Gasteiger partial charge in [-0.25, -0.2) is 15.0 Å².